The third-order valence-electron chi connectivity index (χ3n) is 2.72. The highest BCUT2D eigenvalue weighted by Gasteiger charge is 2.29. The van der Waals surface area contributed by atoms with Crippen molar-refractivity contribution in [1.82, 2.24) is 0 Å². The topological polar surface area (TPSA) is 29.5 Å². The quantitative estimate of drug-likeness (QED) is 0.870. The molecule has 0 saturated carbocycles. The molecule has 1 aromatic carbocycles. The minimum absolute atomic E-state index is 0.0511. The number of aliphatic hydroxyl groups is 1. The molecule has 4 heteroatoms. The maximum Gasteiger partial charge on any atom is 0.0876 e. The lowest BCUT2D eigenvalue weighted by Crippen LogP contribution is -2.11. The highest BCUT2D eigenvalue weighted by Crippen LogP contribution is 2.36. The number of rotatable bonds is 2. The Hall–Kier alpha value is -0.280. The van der Waals surface area contributed by atoms with Crippen molar-refractivity contribution in [1.29, 1.82) is 0 Å². The van der Waals surface area contributed by atoms with E-state index >= 15 is 0 Å². The van der Waals surface area contributed by atoms with Crippen LogP contribution in [-0.2, 0) is 4.74 Å². The summed E-state index contributed by atoms with van der Waals surface area (Å²) >= 11 is 11.8. The first kappa shape index (κ1) is 11.2. The van der Waals surface area contributed by atoms with E-state index in [1.165, 1.54) is 0 Å². The molecule has 82 valence electrons. The van der Waals surface area contributed by atoms with Gasteiger partial charge in [-0.15, -0.1) is 0 Å². The standard InChI is InChI=1S/C11H12Cl2O2/c12-9-2-1-7(5-10(9)13)11-8(6-14)3-4-15-11/h1-2,5,8,11,14H,3-4,6H2. The van der Waals surface area contributed by atoms with Crippen molar-refractivity contribution in [2.45, 2.75) is 12.5 Å². The molecule has 1 aliphatic heterocycles. The van der Waals surface area contributed by atoms with E-state index in [0.717, 1.165) is 12.0 Å². The Morgan fingerprint density at radius 1 is 1.33 bits per heavy atom. The van der Waals surface area contributed by atoms with Crippen LogP contribution in [0.2, 0.25) is 10.0 Å². The van der Waals surface area contributed by atoms with E-state index in [-0.39, 0.29) is 18.6 Å². The summed E-state index contributed by atoms with van der Waals surface area (Å²) in [4.78, 5) is 0. The molecule has 2 nitrogen and oxygen atoms in total. The van der Waals surface area contributed by atoms with E-state index in [1.807, 2.05) is 12.1 Å². The van der Waals surface area contributed by atoms with Gasteiger partial charge in [-0.25, -0.2) is 0 Å². The fraction of sp³-hybridized carbons (Fsp3) is 0.455. The van der Waals surface area contributed by atoms with Crippen LogP contribution in [-0.4, -0.2) is 18.3 Å². The molecule has 1 aliphatic rings. The molecule has 2 atom stereocenters. The Morgan fingerprint density at radius 3 is 2.80 bits per heavy atom. The summed E-state index contributed by atoms with van der Waals surface area (Å²) in [6.45, 7) is 0.834. The van der Waals surface area contributed by atoms with Crippen molar-refractivity contribution in [2.24, 2.45) is 5.92 Å². The zero-order chi connectivity index (χ0) is 10.8. The van der Waals surface area contributed by atoms with E-state index in [9.17, 15) is 5.11 Å². The largest absolute Gasteiger partial charge is 0.396 e. The number of aliphatic hydroxyl groups excluding tert-OH is 1. The Morgan fingerprint density at radius 2 is 2.13 bits per heavy atom. The molecule has 0 amide bonds. The van der Waals surface area contributed by atoms with E-state index in [1.54, 1.807) is 6.07 Å². The monoisotopic (exact) mass is 246 g/mol. The number of halogens is 2. The normalized spacial score (nSPS) is 25.8. The molecule has 2 rings (SSSR count). The van der Waals surface area contributed by atoms with Gasteiger partial charge in [0.1, 0.15) is 0 Å². The third-order valence-corrected chi connectivity index (χ3v) is 3.46. The molecule has 1 N–H and O–H groups in total. The van der Waals surface area contributed by atoms with Crippen LogP contribution in [0, 0.1) is 5.92 Å². The van der Waals surface area contributed by atoms with E-state index < -0.39 is 0 Å². The number of ether oxygens (including phenoxy) is 1. The van der Waals surface area contributed by atoms with Gasteiger partial charge in [0.15, 0.2) is 0 Å². The van der Waals surface area contributed by atoms with Crippen molar-refractivity contribution >= 4 is 23.2 Å². The van der Waals surface area contributed by atoms with Gasteiger partial charge in [-0.3, -0.25) is 0 Å². The minimum Gasteiger partial charge on any atom is -0.396 e. The fourth-order valence-corrected chi connectivity index (χ4v) is 2.19. The lowest BCUT2D eigenvalue weighted by Gasteiger charge is -2.17. The van der Waals surface area contributed by atoms with Crippen LogP contribution in [0.4, 0.5) is 0 Å². The molecule has 0 spiro atoms. The van der Waals surface area contributed by atoms with E-state index in [2.05, 4.69) is 0 Å². The van der Waals surface area contributed by atoms with Gasteiger partial charge in [0, 0.05) is 19.1 Å². The molecule has 1 fully saturated rings. The van der Waals surface area contributed by atoms with Gasteiger partial charge in [-0.05, 0) is 24.1 Å². The Bertz CT molecular complexity index is 354. The first-order valence-corrected chi connectivity index (χ1v) is 5.65. The van der Waals surface area contributed by atoms with Crippen molar-refractivity contribution in [3.63, 3.8) is 0 Å². The second-order valence-electron chi connectivity index (χ2n) is 3.70. The molecular weight excluding hydrogens is 235 g/mol. The fourth-order valence-electron chi connectivity index (χ4n) is 1.88. The van der Waals surface area contributed by atoms with Crippen LogP contribution >= 0.6 is 23.2 Å². The van der Waals surface area contributed by atoms with Gasteiger partial charge in [-0.2, -0.15) is 0 Å². The van der Waals surface area contributed by atoms with Crippen molar-refractivity contribution in [2.75, 3.05) is 13.2 Å². The number of hydrogen-bond acceptors (Lipinski definition) is 2. The third kappa shape index (κ3) is 2.28. The van der Waals surface area contributed by atoms with Gasteiger partial charge >= 0.3 is 0 Å². The molecular formula is C11H12Cl2O2. The molecule has 15 heavy (non-hydrogen) atoms. The minimum atomic E-state index is -0.0511. The number of hydrogen-bond donors (Lipinski definition) is 1. The molecule has 0 aliphatic carbocycles. The van der Waals surface area contributed by atoms with Crippen molar-refractivity contribution in [3.05, 3.63) is 33.8 Å². The zero-order valence-electron chi connectivity index (χ0n) is 8.12. The Labute approximate surface area is 98.8 Å². The predicted molar refractivity (Wildman–Crippen MR) is 60.3 cm³/mol. The SMILES string of the molecule is OCC1CCOC1c1ccc(Cl)c(Cl)c1. The second kappa shape index (κ2) is 4.71. The maximum atomic E-state index is 9.18. The smallest absolute Gasteiger partial charge is 0.0876 e. The predicted octanol–water partition coefficient (Wildman–Crippen LogP) is 3.06. The van der Waals surface area contributed by atoms with Crippen LogP contribution in [0.3, 0.4) is 0 Å². The van der Waals surface area contributed by atoms with Gasteiger partial charge in [0.25, 0.3) is 0 Å². The number of benzene rings is 1. The van der Waals surface area contributed by atoms with E-state index in [4.69, 9.17) is 27.9 Å². The first-order valence-electron chi connectivity index (χ1n) is 4.90. The molecule has 1 aromatic rings. The summed E-state index contributed by atoms with van der Waals surface area (Å²) in [5.41, 5.74) is 0.987. The van der Waals surface area contributed by atoms with Crippen LogP contribution in [0.1, 0.15) is 18.1 Å². The van der Waals surface area contributed by atoms with E-state index in [0.29, 0.717) is 16.7 Å². The van der Waals surface area contributed by atoms with Gasteiger partial charge in [0.05, 0.1) is 16.1 Å². The lowest BCUT2D eigenvalue weighted by atomic mass is 9.96. The van der Waals surface area contributed by atoms with Gasteiger partial charge in [0.2, 0.25) is 0 Å². The van der Waals surface area contributed by atoms with Crippen molar-refractivity contribution < 1.29 is 9.84 Å². The summed E-state index contributed by atoms with van der Waals surface area (Å²) in [5.74, 6) is 0.169. The van der Waals surface area contributed by atoms with Crippen LogP contribution in [0.25, 0.3) is 0 Å². The summed E-state index contributed by atoms with van der Waals surface area (Å²) in [7, 11) is 0. The molecule has 0 aromatic heterocycles. The zero-order valence-corrected chi connectivity index (χ0v) is 9.63. The maximum absolute atomic E-state index is 9.18. The molecule has 1 saturated heterocycles. The van der Waals surface area contributed by atoms with Crippen LogP contribution < -0.4 is 0 Å². The van der Waals surface area contributed by atoms with Gasteiger partial charge < -0.3 is 9.84 Å². The summed E-state index contributed by atoms with van der Waals surface area (Å²) < 4.78 is 5.58. The average molecular weight is 247 g/mol. The van der Waals surface area contributed by atoms with Crippen LogP contribution in [0.15, 0.2) is 18.2 Å². The van der Waals surface area contributed by atoms with Gasteiger partial charge in [-0.1, -0.05) is 29.3 Å². The summed E-state index contributed by atoms with van der Waals surface area (Å²) in [5, 5.41) is 10.3. The molecule has 0 bridgehead atoms. The van der Waals surface area contributed by atoms with Crippen molar-refractivity contribution in [3.8, 4) is 0 Å². The summed E-state index contributed by atoms with van der Waals surface area (Å²) in [6, 6.07) is 5.46. The molecule has 1 heterocycles. The Balaban J connectivity index is 2.25. The second-order valence-corrected chi connectivity index (χ2v) is 4.51. The Kier molecular flexibility index (Phi) is 3.52. The van der Waals surface area contributed by atoms with Crippen LogP contribution in [0.5, 0.6) is 0 Å². The average Bonchev–Trinajstić information content (AvgIpc) is 2.70. The highest BCUT2D eigenvalue weighted by molar-refractivity contribution is 6.42. The molecule has 0 radical (unpaired) electrons. The molecule has 2 unspecified atom stereocenters. The highest BCUT2D eigenvalue weighted by atomic mass is 35.5. The first-order chi connectivity index (χ1) is 7.22. The lowest BCUT2D eigenvalue weighted by molar-refractivity contribution is 0.0721. The summed E-state index contributed by atoms with van der Waals surface area (Å²) in [6.07, 6.45) is 0.839.